The first-order valence-electron chi connectivity index (χ1n) is 9.92. The Kier molecular flexibility index (Phi) is 6.20. The minimum atomic E-state index is -0.509. The van der Waals surface area contributed by atoms with Gasteiger partial charge in [-0.25, -0.2) is 9.59 Å². The largest absolute Gasteiger partial charge is 0.465 e. The van der Waals surface area contributed by atoms with E-state index in [9.17, 15) is 14.4 Å². The summed E-state index contributed by atoms with van der Waals surface area (Å²) in [5.74, 6) is -1.11. The summed E-state index contributed by atoms with van der Waals surface area (Å²) in [7, 11) is 1.33. The maximum Gasteiger partial charge on any atom is 0.337 e. The molecule has 1 aromatic carbocycles. The van der Waals surface area contributed by atoms with E-state index in [4.69, 9.17) is 9.47 Å². The summed E-state index contributed by atoms with van der Waals surface area (Å²) < 4.78 is 10.3. The number of carbonyl (C=O) groups is 3. The molecular formula is C23H27NO5. The number of methoxy groups -OCH3 is 1. The predicted octanol–water partition coefficient (Wildman–Crippen LogP) is 3.64. The Bertz CT molecular complexity index is 892. The molecule has 29 heavy (non-hydrogen) atoms. The van der Waals surface area contributed by atoms with Crippen LogP contribution < -0.4 is 5.32 Å². The number of ketones is 1. The SMILES string of the molecule is COC(=O)c1ccc([C@H]2C(C(=O)OCC(C)C)=C(C)NC3=C2C(=O)CCC3)cc1. The highest BCUT2D eigenvalue weighted by Gasteiger charge is 2.39. The molecule has 2 aliphatic rings. The molecule has 1 aromatic rings. The van der Waals surface area contributed by atoms with Crippen LogP contribution in [0, 0.1) is 5.92 Å². The van der Waals surface area contributed by atoms with Crippen LogP contribution in [0.3, 0.4) is 0 Å². The van der Waals surface area contributed by atoms with E-state index in [1.165, 1.54) is 7.11 Å². The quantitative estimate of drug-likeness (QED) is 0.764. The molecule has 1 aliphatic carbocycles. The van der Waals surface area contributed by atoms with Crippen LogP contribution in [-0.2, 0) is 19.1 Å². The van der Waals surface area contributed by atoms with Crippen LogP contribution in [0.4, 0.5) is 0 Å². The second kappa shape index (κ2) is 8.64. The van der Waals surface area contributed by atoms with Crippen molar-refractivity contribution in [2.45, 2.75) is 46.0 Å². The van der Waals surface area contributed by atoms with E-state index in [1.54, 1.807) is 24.3 Å². The number of dihydropyridines is 1. The number of esters is 2. The fourth-order valence-electron chi connectivity index (χ4n) is 3.84. The first kappa shape index (κ1) is 20.8. The van der Waals surface area contributed by atoms with Gasteiger partial charge in [-0.3, -0.25) is 4.79 Å². The number of Topliss-reactive ketones (excluding diaryl/α,β-unsaturated/α-hetero) is 1. The molecule has 0 fully saturated rings. The van der Waals surface area contributed by atoms with E-state index in [1.807, 2.05) is 20.8 Å². The predicted molar refractivity (Wildman–Crippen MR) is 108 cm³/mol. The van der Waals surface area contributed by atoms with Crippen molar-refractivity contribution in [2.75, 3.05) is 13.7 Å². The van der Waals surface area contributed by atoms with Crippen molar-refractivity contribution in [1.82, 2.24) is 5.32 Å². The van der Waals surface area contributed by atoms with Crippen molar-refractivity contribution in [3.8, 4) is 0 Å². The summed E-state index contributed by atoms with van der Waals surface area (Å²) in [6.45, 7) is 6.10. The fraction of sp³-hybridized carbons (Fsp3) is 0.435. The summed E-state index contributed by atoms with van der Waals surface area (Å²) in [6.07, 6.45) is 2.02. The second-order valence-corrected chi connectivity index (χ2v) is 7.87. The van der Waals surface area contributed by atoms with Crippen LogP contribution in [0.5, 0.6) is 0 Å². The van der Waals surface area contributed by atoms with E-state index in [0.29, 0.717) is 35.4 Å². The van der Waals surface area contributed by atoms with Gasteiger partial charge in [0.1, 0.15) is 0 Å². The molecule has 1 N–H and O–H groups in total. The third-order valence-electron chi connectivity index (χ3n) is 5.21. The second-order valence-electron chi connectivity index (χ2n) is 7.87. The van der Waals surface area contributed by atoms with Gasteiger partial charge in [-0.15, -0.1) is 0 Å². The molecule has 0 radical (unpaired) electrons. The molecule has 0 aromatic heterocycles. The van der Waals surface area contributed by atoms with Gasteiger partial charge in [0, 0.05) is 29.3 Å². The number of allylic oxidation sites excluding steroid dienone is 3. The van der Waals surface area contributed by atoms with Crippen LogP contribution in [0.2, 0.25) is 0 Å². The van der Waals surface area contributed by atoms with E-state index in [2.05, 4.69) is 5.32 Å². The van der Waals surface area contributed by atoms with Crippen LogP contribution in [-0.4, -0.2) is 31.4 Å². The van der Waals surface area contributed by atoms with Gasteiger partial charge in [-0.2, -0.15) is 0 Å². The normalized spacial score (nSPS) is 19.1. The zero-order valence-corrected chi connectivity index (χ0v) is 17.3. The van der Waals surface area contributed by atoms with Crippen LogP contribution >= 0.6 is 0 Å². The van der Waals surface area contributed by atoms with Gasteiger partial charge in [0.2, 0.25) is 0 Å². The van der Waals surface area contributed by atoms with Gasteiger partial charge in [-0.05, 0) is 43.4 Å². The van der Waals surface area contributed by atoms with Crippen LogP contribution in [0.25, 0.3) is 0 Å². The number of hydrogen-bond acceptors (Lipinski definition) is 6. The molecule has 0 saturated carbocycles. The highest BCUT2D eigenvalue weighted by molar-refractivity contribution is 6.03. The molecule has 6 heteroatoms. The Morgan fingerprint density at radius 2 is 1.83 bits per heavy atom. The smallest absolute Gasteiger partial charge is 0.337 e. The number of ether oxygens (including phenoxy) is 2. The summed E-state index contributed by atoms with van der Waals surface area (Å²) in [5, 5.41) is 3.27. The van der Waals surface area contributed by atoms with Crippen molar-refractivity contribution in [1.29, 1.82) is 0 Å². The van der Waals surface area contributed by atoms with Gasteiger partial charge in [0.25, 0.3) is 0 Å². The first-order chi connectivity index (χ1) is 13.8. The van der Waals surface area contributed by atoms with Crippen molar-refractivity contribution in [3.05, 3.63) is 57.9 Å². The number of carbonyl (C=O) groups excluding carboxylic acids is 3. The first-order valence-corrected chi connectivity index (χ1v) is 9.92. The molecule has 3 rings (SSSR count). The van der Waals surface area contributed by atoms with Crippen LogP contribution in [0.1, 0.15) is 61.9 Å². The molecule has 1 heterocycles. The van der Waals surface area contributed by atoms with E-state index < -0.39 is 17.9 Å². The van der Waals surface area contributed by atoms with Crippen molar-refractivity contribution in [3.63, 3.8) is 0 Å². The fourth-order valence-corrected chi connectivity index (χ4v) is 3.84. The molecule has 0 bridgehead atoms. The average molecular weight is 397 g/mol. The molecule has 1 aliphatic heterocycles. The van der Waals surface area contributed by atoms with Gasteiger partial charge < -0.3 is 14.8 Å². The standard InChI is InChI=1S/C23H27NO5/c1-13(2)12-29-23(27)19-14(3)24-17-6-5-7-18(25)21(17)20(19)15-8-10-16(11-9-15)22(26)28-4/h8-11,13,20,24H,5-7,12H2,1-4H3/t20-/m0/s1. The third kappa shape index (κ3) is 4.26. The minimum Gasteiger partial charge on any atom is -0.465 e. The zero-order valence-electron chi connectivity index (χ0n) is 17.3. The number of rotatable bonds is 5. The summed E-state index contributed by atoms with van der Waals surface area (Å²) in [6, 6.07) is 6.86. The van der Waals surface area contributed by atoms with Gasteiger partial charge in [0.05, 0.1) is 24.9 Å². The average Bonchev–Trinajstić information content (AvgIpc) is 2.70. The molecular weight excluding hydrogens is 370 g/mol. The topological polar surface area (TPSA) is 81.7 Å². The van der Waals surface area contributed by atoms with E-state index in [-0.39, 0.29) is 11.7 Å². The molecule has 0 saturated heterocycles. The Hall–Kier alpha value is -2.89. The lowest BCUT2D eigenvalue weighted by Crippen LogP contribution is -2.34. The molecule has 154 valence electrons. The lowest BCUT2D eigenvalue weighted by Gasteiger charge is -2.34. The highest BCUT2D eigenvalue weighted by Crippen LogP contribution is 2.42. The maximum absolute atomic E-state index is 13.0. The lowest BCUT2D eigenvalue weighted by atomic mass is 9.75. The summed E-state index contributed by atoms with van der Waals surface area (Å²) in [4.78, 5) is 37.6. The van der Waals surface area contributed by atoms with E-state index in [0.717, 1.165) is 24.1 Å². The number of hydrogen-bond donors (Lipinski definition) is 1. The van der Waals surface area contributed by atoms with E-state index >= 15 is 0 Å². The van der Waals surface area contributed by atoms with Crippen molar-refractivity contribution < 1.29 is 23.9 Å². The van der Waals surface area contributed by atoms with Gasteiger partial charge >= 0.3 is 11.9 Å². The van der Waals surface area contributed by atoms with Crippen molar-refractivity contribution in [2.24, 2.45) is 5.92 Å². The Labute approximate surface area is 171 Å². The van der Waals surface area contributed by atoms with Gasteiger partial charge in [-0.1, -0.05) is 26.0 Å². The Balaban J connectivity index is 2.05. The monoisotopic (exact) mass is 397 g/mol. The third-order valence-corrected chi connectivity index (χ3v) is 5.21. The molecule has 6 nitrogen and oxygen atoms in total. The number of nitrogens with one attached hydrogen (secondary N) is 1. The maximum atomic E-state index is 13.0. The highest BCUT2D eigenvalue weighted by atomic mass is 16.5. The van der Waals surface area contributed by atoms with Gasteiger partial charge in [0.15, 0.2) is 5.78 Å². The van der Waals surface area contributed by atoms with Crippen molar-refractivity contribution >= 4 is 17.7 Å². The van der Waals surface area contributed by atoms with Crippen LogP contribution in [0.15, 0.2) is 46.8 Å². The Morgan fingerprint density at radius 1 is 1.14 bits per heavy atom. The molecule has 0 spiro atoms. The summed E-state index contributed by atoms with van der Waals surface area (Å²) >= 11 is 0. The summed E-state index contributed by atoms with van der Waals surface area (Å²) in [5.41, 5.74) is 3.85. The minimum absolute atomic E-state index is 0.0439. The zero-order chi connectivity index (χ0) is 21.1. The number of benzene rings is 1. The molecule has 1 atom stereocenters. The Morgan fingerprint density at radius 3 is 2.45 bits per heavy atom. The molecule has 0 unspecified atom stereocenters. The lowest BCUT2D eigenvalue weighted by molar-refractivity contribution is -0.140. The molecule has 0 amide bonds.